The molecule has 0 aromatic heterocycles. The zero-order valence-corrected chi connectivity index (χ0v) is 19.0. The Morgan fingerprint density at radius 2 is 1.73 bits per heavy atom. The minimum atomic E-state index is -0.882. The van der Waals surface area contributed by atoms with Gasteiger partial charge in [-0.15, -0.1) is 0 Å². The smallest absolute Gasteiger partial charge is 0.431 e. The molecule has 1 aliphatic carbocycles. The molecule has 0 N–H and O–H groups in total. The van der Waals surface area contributed by atoms with Crippen LogP contribution < -0.4 is 4.74 Å². The Morgan fingerprint density at radius 1 is 0.970 bits per heavy atom. The Balaban J connectivity index is 1.84. The van der Waals surface area contributed by atoms with Gasteiger partial charge in [-0.2, -0.15) is 0 Å². The molecule has 0 bridgehead atoms. The summed E-state index contributed by atoms with van der Waals surface area (Å²) in [6.45, 7) is 2.14. The van der Waals surface area contributed by atoms with Crippen LogP contribution in [0.3, 0.4) is 0 Å². The molecule has 0 atom stereocenters. The summed E-state index contributed by atoms with van der Waals surface area (Å²) in [6, 6.07) is 10.8. The van der Waals surface area contributed by atoms with Crippen molar-refractivity contribution in [2.45, 2.75) is 70.8 Å². The Bertz CT molecular complexity index is 1010. The van der Waals surface area contributed by atoms with Crippen LogP contribution in [0.4, 0.5) is 4.79 Å². The number of hydrogen-bond acceptors (Lipinski definition) is 6. The van der Waals surface area contributed by atoms with Gasteiger partial charge in [0.2, 0.25) is 0 Å². The minimum absolute atomic E-state index is 0.00419. The molecule has 1 fully saturated rings. The van der Waals surface area contributed by atoms with Gasteiger partial charge in [-0.05, 0) is 43.9 Å². The van der Waals surface area contributed by atoms with E-state index in [-0.39, 0.29) is 34.3 Å². The summed E-state index contributed by atoms with van der Waals surface area (Å²) >= 11 is 0. The van der Waals surface area contributed by atoms with Gasteiger partial charge < -0.3 is 9.47 Å². The third-order valence-electron chi connectivity index (χ3n) is 5.89. The SMILES string of the molecule is CCCCCCCC(=O)c1ccc(OC(=O)OC2CCC2)c(C(=O)c2ccccc2C=O)c1. The number of rotatable bonds is 12. The van der Waals surface area contributed by atoms with Crippen molar-refractivity contribution in [3.05, 3.63) is 64.7 Å². The van der Waals surface area contributed by atoms with Crippen LogP contribution in [0.25, 0.3) is 0 Å². The zero-order chi connectivity index (χ0) is 23.6. The van der Waals surface area contributed by atoms with Gasteiger partial charge >= 0.3 is 6.16 Å². The maximum atomic E-state index is 13.3. The summed E-state index contributed by atoms with van der Waals surface area (Å²) in [4.78, 5) is 49.7. The van der Waals surface area contributed by atoms with E-state index in [0.29, 0.717) is 18.3 Å². The highest BCUT2D eigenvalue weighted by Crippen LogP contribution is 2.28. The highest BCUT2D eigenvalue weighted by Gasteiger charge is 2.25. The maximum Gasteiger partial charge on any atom is 0.514 e. The lowest BCUT2D eigenvalue weighted by Crippen LogP contribution is -2.27. The Hall–Kier alpha value is -3.28. The molecule has 0 heterocycles. The van der Waals surface area contributed by atoms with Crippen LogP contribution >= 0.6 is 0 Å². The van der Waals surface area contributed by atoms with Crippen LogP contribution in [0.1, 0.15) is 101 Å². The second kappa shape index (κ2) is 12.1. The fourth-order valence-corrected chi connectivity index (χ4v) is 3.69. The molecule has 0 amide bonds. The fraction of sp³-hybridized carbons (Fsp3) is 0.407. The van der Waals surface area contributed by atoms with E-state index in [0.717, 1.165) is 51.4 Å². The first kappa shape index (κ1) is 24.4. The van der Waals surface area contributed by atoms with Gasteiger partial charge in [-0.1, -0.05) is 56.9 Å². The van der Waals surface area contributed by atoms with Crippen LogP contribution in [-0.4, -0.2) is 30.1 Å². The summed E-state index contributed by atoms with van der Waals surface area (Å²) < 4.78 is 10.6. The number of carbonyl (C=O) groups excluding carboxylic acids is 4. The van der Waals surface area contributed by atoms with Crippen molar-refractivity contribution in [1.29, 1.82) is 0 Å². The Labute approximate surface area is 194 Å². The molecular weight excluding hydrogens is 420 g/mol. The average Bonchev–Trinajstić information content (AvgIpc) is 2.81. The number of Topliss-reactive ketones (excluding diaryl/α,β-unsaturated/α-hetero) is 1. The zero-order valence-electron chi connectivity index (χ0n) is 19.0. The van der Waals surface area contributed by atoms with Crippen molar-refractivity contribution in [1.82, 2.24) is 0 Å². The van der Waals surface area contributed by atoms with Gasteiger partial charge in [-0.3, -0.25) is 14.4 Å². The van der Waals surface area contributed by atoms with Crippen LogP contribution in [0.15, 0.2) is 42.5 Å². The van der Waals surface area contributed by atoms with Crippen LogP contribution in [0.5, 0.6) is 5.75 Å². The molecular formula is C27H30O6. The first-order chi connectivity index (χ1) is 16.0. The molecule has 33 heavy (non-hydrogen) atoms. The summed E-state index contributed by atoms with van der Waals surface area (Å²) in [5, 5.41) is 0. The van der Waals surface area contributed by atoms with Gasteiger partial charge in [0, 0.05) is 23.1 Å². The number of benzene rings is 2. The van der Waals surface area contributed by atoms with Gasteiger partial charge in [0.25, 0.3) is 0 Å². The lowest BCUT2D eigenvalue weighted by Gasteiger charge is -2.24. The maximum absolute atomic E-state index is 13.3. The van der Waals surface area contributed by atoms with Gasteiger partial charge in [0.05, 0.1) is 5.56 Å². The summed E-state index contributed by atoms with van der Waals surface area (Å²) in [7, 11) is 0. The average molecular weight is 451 g/mol. The summed E-state index contributed by atoms with van der Waals surface area (Å²) in [5.74, 6) is -0.570. The molecule has 6 heteroatoms. The number of ether oxygens (including phenoxy) is 2. The number of ketones is 2. The molecule has 2 aromatic rings. The standard InChI is InChI=1S/C27H30O6/c1-2-3-4-5-6-14-24(29)19-15-16-25(33-27(31)32-21-11-9-12-21)23(17-19)26(30)22-13-8-7-10-20(22)18-28/h7-8,10,13,15-18,21H,2-6,9,11-12,14H2,1H3. The molecule has 3 rings (SSSR count). The number of carbonyl (C=O) groups is 4. The van der Waals surface area contributed by atoms with E-state index in [1.165, 1.54) is 24.3 Å². The third-order valence-corrected chi connectivity index (χ3v) is 5.89. The van der Waals surface area contributed by atoms with Crippen LogP contribution in [-0.2, 0) is 4.74 Å². The van der Waals surface area contributed by atoms with Crippen molar-refractivity contribution in [3.63, 3.8) is 0 Å². The molecule has 0 saturated heterocycles. The molecule has 1 aliphatic rings. The van der Waals surface area contributed by atoms with E-state index >= 15 is 0 Å². The predicted molar refractivity (Wildman–Crippen MR) is 124 cm³/mol. The topological polar surface area (TPSA) is 86.7 Å². The molecule has 0 aliphatic heterocycles. The number of unbranched alkanes of at least 4 members (excludes halogenated alkanes) is 4. The monoisotopic (exact) mass is 450 g/mol. The highest BCUT2D eigenvalue weighted by molar-refractivity contribution is 6.15. The summed E-state index contributed by atoms with van der Waals surface area (Å²) in [5.41, 5.74) is 0.816. The van der Waals surface area contributed by atoms with E-state index < -0.39 is 11.9 Å². The predicted octanol–water partition coefficient (Wildman–Crippen LogP) is 6.34. The van der Waals surface area contributed by atoms with Gasteiger partial charge in [0.1, 0.15) is 11.9 Å². The molecule has 0 unspecified atom stereocenters. The van der Waals surface area contributed by atoms with Crippen molar-refractivity contribution in [3.8, 4) is 5.75 Å². The fourth-order valence-electron chi connectivity index (χ4n) is 3.69. The Morgan fingerprint density at radius 3 is 2.42 bits per heavy atom. The minimum Gasteiger partial charge on any atom is -0.431 e. The largest absolute Gasteiger partial charge is 0.514 e. The molecule has 1 saturated carbocycles. The van der Waals surface area contributed by atoms with E-state index in [9.17, 15) is 19.2 Å². The first-order valence-electron chi connectivity index (χ1n) is 11.7. The van der Waals surface area contributed by atoms with Crippen molar-refractivity contribution < 1.29 is 28.7 Å². The number of hydrogen-bond donors (Lipinski definition) is 0. The third kappa shape index (κ3) is 6.60. The van der Waals surface area contributed by atoms with E-state index in [1.807, 2.05) is 0 Å². The Kier molecular flexibility index (Phi) is 8.93. The van der Waals surface area contributed by atoms with Gasteiger partial charge in [-0.25, -0.2) is 4.79 Å². The van der Waals surface area contributed by atoms with Crippen LogP contribution in [0.2, 0.25) is 0 Å². The second-order valence-electron chi connectivity index (χ2n) is 8.36. The highest BCUT2D eigenvalue weighted by atomic mass is 16.7. The molecule has 0 spiro atoms. The van der Waals surface area contributed by atoms with Crippen molar-refractivity contribution in [2.24, 2.45) is 0 Å². The lowest BCUT2D eigenvalue weighted by atomic mass is 9.95. The molecule has 6 nitrogen and oxygen atoms in total. The van der Waals surface area contributed by atoms with Crippen LogP contribution in [0, 0.1) is 0 Å². The molecule has 174 valence electrons. The quantitative estimate of drug-likeness (QED) is 0.123. The van der Waals surface area contributed by atoms with Crippen molar-refractivity contribution in [2.75, 3.05) is 0 Å². The molecule has 0 radical (unpaired) electrons. The first-order valence-corrected chi connectivity index (χ1v) is 11.7. The van der Waals surface area contributed by atoms with E-state index in [4.69, 9.17) is 9.47 Å². The normalized spacial score (nSPS) is 13.1. The number of aldehydes is 1. The van der Waals surface area contributed by atoms with E-state index in [2.05, 4.69) is 6.92 Å². The van der Waals surface area contributed by atoms with Gasteiger partial charge in [0.15, 0.2) is 17.9 Å². The van der Waals surface area contributed by atoms with Crippen molar-refractivity contribution >= 4 is 24.0 Å². The molecule has 2 aromatic carbocycles. The van der Waals surface area contributed by atoms with E-state index in [1.54, 1.807) is 18.2 Å². The lowest BCUT2D eigenvalue weighted by molar-refractivity contribution is 0.0226. The second-order valence-corrected chi connectivity index (χ2v) is 8.36. The summed E-state index contributed by atoms with van der Waals surface area (Å²) in [6.07, 6.45) is 7.64.